The lowest BCUT2D eigenvalue weighted by molar-refractivity contribution is 0.119. The predicted octanol–water partition coefficient (Wildman–Crippen LogP) is 1.71. The Kier molecular flexibility index (Phi) is 6.72. The summed E-state index contributed by atoms with van der Waals surface area (Å²) in [5.74, 6) is 1.12. The van der Waals surface area contributed by atoms with E-state index in [0.29, 0.717) is 11.5 Å². The molecule has 2 saturated heterocycles. The number of nitrogens with zero attached hydrogens (tertiary/aromatic N) is 4. The number of piperazine rings is 1. The third kappa shape index (κ3) is 4.60. The van der Waals surface area contributed by atoms with Crippen molar-refractivity contribution in [2.75, 3.05) is 59.9 Å². The molecule has 2 fully saturated rings. The molecule has 0 aromatic carbocycles. The standard InChI is InChI=1S/C18H37N5/c1-6-18(7-2)9-10-23(15-18)17(19-8-3)20-13-16-14-21(4)11-12-22(16)5/h16H,6-15H2,1-5H3,(H,19,20). The van der Waals surface area contributed by atoms with E-state index >= 15 is 0 Å². The fraction of sp³-hybridized carbons (Fsp3) is 0.944. The molecule has 2 heterocycles. The minimum absolute atomic E-state index is 0.498. The highest BCUT2D eigenvalue weighted by Gasteiger charge is 2.36. The third-order valence-electron chi connectivity index (χ3n) is 6.00. The van der Waals surface area contributed by atoms with E-state index in [0.717, 1.165) is 45.2 Å². The molecule has 1 N–H and O–H groups in total. The monoisotopic (exact) mass is 323 g/mol. The van der Waals surface area contributed by atoms with E-state index in [2.05, 4.69) is 54.9 Å². The van der Waals surface area contributed by atoms with Gasteiger partial charge in [0, 0.05) is 45.3 Å². The number of nitrogens with one attached hydrogen (secondary N) is 1. The van der Waals surface area contributed by atoms with Gasteiger partial charge in [-0.05, 0) is 45.7 Å². The van der Waals surface area contributed by atoms with Gasteiger partial charge in [-0.2, -0.15) is 0 Å². The molecule has 23 heavy (non-hydrogen) atoms. The maximum Gasteiger partial charge on any atom is 0.193 e. The summed E-state index contributed by atoms with van der Waals surface area (Å²) in [7, 11) is 4.45. The van der Waals surface area contributed by atoms with E-state index in [1.54, 1.807) is 0 Å². The number of rotatable bonds is 5. The van der Waals surface area contributed by atoms with Gasteiger partial charge in [0.1, 0.15) is 0 Å². The lowest BCUT2D eigenvalue weighted by Crippen LogP contribution is -2.51. The summed E-state index contributed by atoms with van der Waals surface area (Å²) in [5.41, 5.74) is 0.498. The molecule has 0 aromatic rings. The van der Waals surface area contributed by atoms with Gasteiger partial charge in [0.05, 0.1) is 6.54 Å². The maximum atomic E-state index is 5.00. The van der Waals surface area contributed by atoms with Crippen molar-refractivity contribution in [3.05, 3.63) is 0 Å². The Labute approximate surface area is 143 Å². The second-order valence-electron chi connectivity index (χ2n) is 7.47. The molecule has 0 bridgehead atoms. The van der Waals surface area contributed by atoms with Gasteiger partial charge in [-0.3, -0.25) is 9.89 Å². The maximum absolute atomic E-state index is 5.00. The fourth-order valence-electron chi connectivity index (χ4n) is 3.86. The topological polar surface area (TPSA) is 34.1 Å². The number of aliphatic imine (C=N–C) groups is 1. The molecular formula is C18H37N5. The van der Waals surface area contributed by atoms with Gasteiger partial charge in [-0.1, -0.05) is 13.8 Å². The number of hydrogen-bond donors (Lipinski definition) is 1. The highest BCUT2D eigenvalue weighted by Crippen LogP contribution is 2.36. The number of likely N-dealkylation sites (tertiary alicyclic amines) is 1. The molecule has 1 atom stereocenters. The average molecular weight is 324 g/mol. The van der Waals surface area contributed by atoms with Crippen molar-refractivity contribution in [2.45, 2.75) is 46.1 Å². The highest BCUT2D eigenvalue weighted by atomic mass is 15.3. The van der Waals surface area contributed by atoms with Crippen LogP contribution in [0.4, 0.5) is 0 Å². The first-order valence-corrected chi connectivity index (χ1v) is 9.45. The SMILES string of the molecule is CCNC(=NCC1CN(C)CCN1C)N1CCC(CC)(CC)C1. The van der Waals surface area contributed by atoms with Crippen molar-refractivity contribution >= 4 is 5.96 Å². The van der Waals surface area contributed by atoms with Crippen LogP contribution in [0.1, 0.15) is 40.0 Å². The zero-order chi connectivity index (χ0) is 16.9. The first kappa shape index (κ1) is 18.5. The lowest BCUT2D eigenvalue weighted by Gasteiger charge is -2.37. The highest BCUT2D eigenvalue weighted by molar-refractivity contribution is 5.80. The van der Waals surface area contributed by atoms with E-state index in [-0.39, 0.29) is 0 Å². The molecule has 2 aliphatic heterocycles. The number of hydrogen-bond acceptors (Lipinski definition) is 3. The van der Waals surface area contributed by atoms with Crippen LogP contribution in [0.5, 0.6) is 0 Å². The molecule has 0 spiro atoms. The summed E-state index contributed by atoms with van der Waals surface area (Å²) in [6, 6.07) is 0.534. The average Bonchev–Trinajstić information content (AvgIpc) is 2.99. The van der Waals surface area contributed by atoms with Crippen LogP contribution in [0.15, 0.2) is 4.99 Å². The van der Waals surface area contributed by atoms with Crippen LogP contribution >= 0.6 is 0 Å². The summed E-state index contributed by atoms with van der Waals surface area (Å²) in [4.78, 5) is 12.4. The van der Waals surface area contributed by atoms with Crippen LogP contribution in [0.3, 0.4) is 0 Å². The molecule has 134 valence electrons. The van der Waals surface area contributed by atoms with Crippen molar-refractivity contribution in [3.8, 4) is 0 Å². The van der Waals surface area contributed by atoms with Crippen molar-refractivity contribution in [2.24, 2.45) is 10.4 Å². The molecule has 1 unspecified atom stereocenters. The second-order valence-corrected chi connectivity index (χ2v) is 7.47. The van der Waals surface area contributed by atoms with Crippen molar-refractivity contribution in [3.63, 3.8) is 0 Å². The van der Waals surface area contributed by atoms with Gasteiger partial charge in [0.2, 0.25) is 0 Å². The molecule has 5 heteroatoms. The third-order valence-corrected chi connectivity index (χ3v) is 6.00. The van der Waals surface area contributed by atoms with Gasteiger partial charge in [0.15, 0.2) is 5.96 Å². The van der Waals surface area contributed by atoms with E-state index in [1.807, 2.05) is 0 Å². The zero-order valence-corrected chi connectivity index (χ0v) is 15.9. The Morgan fingerprint density at radius 2 is 1.87 bits per heavy atom. The molecule has 0 radical (unpaired) electrons. The molecule has 0 aliphatic carbocycles. The normalized spacial score (nSPS) is 26.7. The van der Waals surface area contributed by atoms with E-state index in [4.69, 9.17) is 4.99 Å². The molecule has 0 saturated carbocycles. The summed E-state index contributed by atoms with van der Waals surface area (Å²) in [6.45, 7) is 14.4. The minimum Gasteiger partial charge on any atom is -0.357 e. The van der Waals surface area contributed by atoms with Gasteiger partial charge in [-0.15, -0.1) is 0 Å². The van der Waals surface area contributed by atoms with Crippen LogP contribution in [-0.2, 0) is 0 Å². The largest absolute Gasteiger partial charge is 0.357 e. The van der Waals surface area contributed by atoms with Gasteiger partial charge in [-0.25, -0.2) is 0 Å². The van der Waals surface area contributed by atoms with E-state index < -0.39 is 0 Å². The molecule has 0 amide bonds. The first-order valence-electron chi connectivity index (χ1n) is 9.45. The van der Waals surface area contributed by atoms with Crippen molar-refractivity contribution < 1.29 is 0 Å². The zero-order valence-electron chi connectivity index (χ0n) is 15.9. The predicted molar refractivity (Wildman–Crippen MR) is 99.1 cm³/mol. The first-order chi connectivity index (χ1) is 11.0. The summed E-state index contributed by atoms with van der Waals surface area (Å²) >= 11 is 0. The Morgan fingerprint density at radius 3 is 2.48 bits per heavy atom. The Morgan fingerprint density at radius 1 is 1.13 bits per heavy atom. The van der Waals surface area contributed by atoms with Crippen molar-refractivity contribution in [1.29, 1.82) is 0 Å². The van der Waals surface area contributed by atoms with Gasteiger partial charge in [0.25, 0.3) is 0 Å². The number of guanidine groups is 1. The molecular weight excluding hydrogens is 286 g/mol. The molecule has 5 nitrogen and oxygen atoms in total. The molecule has 2 rings (SSSR count). The second kappa shape index (κ2) is 8.34. The Hall–Kier alpha value is -0.810. The lowest BCUT2D eigenvalue weighted by atomic mass is 9.82. The van der Waals surface area contributed by atoms with Crippen LogP contribution in [0.2, 0.25) is 0 Å². The quantitative estimate of drug-likeness (QED) is 0.617. The van der Waals surface area contributed by atoms with Crippen molar-refractivity contribution in [1.82, 2.24) is 20.0 Å². The van der Waals surface area contributed by atoms with Crippen LogP contribution in [0.25, 0.3) is 0 Å². The smallest absolute Gasteiger partial charge is 0.193 e. The Balaban J connectivity index is 2.00. The molecule has 2 aliphatic rings. The van der Waals surface area contributed by atoms with E-state index in [1.165, 1.54) is 25.8 Å². The number of likely N-dealkylation sites (N-methyl/N-ethyl adjacent to an activating group) is 2. The van der Waals surface area contributed by atoms with Crippen LogP contribution in [-0.4, -0.2) is 86.6 Å². The molecule has 0 aromatic heterocycles. The van der Waals surface area contributed by atoms with E-state index in [9.17, 15) is 0 Å². The van der Waals surface area contributed by atoms with Crippen LogP contribution in [0, 0.1) is 5.41 Å². The van der Waals surface area contributed by atoms with Gasteiger partial charge >= 0.3 is 0 Å². The Bertz CT molecular complexity index is 391. The van der Waals surface area contributed by atoms with Gasteiger partial charge < -0.3 is 15.1 Å². The minimum atomic E-state index is 0.498. The fourth-order valence-corrected chi connectivity index (χ4v) is 3.86. The van der Waals surface area contributed by atoms with Crippen LogP contribution < -0.4 is 5.32 Å². The summed E-state index contributed by atoms with van der Waals surface area (Å²) in [6.07, 6.45) is 3.85. The summed E-state index contributed by atoms with van der Waals surface area (Å²) in [5, 5.41) is 3.52. The summed E-state index contributed by atoms with van der Waals surface area (Å²) < 4.78 is 0.